The quantitative estimate of drug-likeness (QED) is 0.803. The number of aromatic carboxylic acids is 1. The molecule has 8 heteroatoms. The lowest BCUT2D eigenvalue weighted by Gasteiger charge is -2.04. The third-order valence-corrected chi connectivity index (χ3v) is 3.44. The van der Waals surface area contributed by atoms with Gasteiger partial charge in [0.2, 0.25) is 0 Å². The molecule has 0 unspecified atom stereocenters. The lowest BCUT2D eigenvalue weighted by Crippen LogP contribution is -2.04. The van der Waals surface area contributed by atoms with Gasteiger partial charge < -0.3 is 10.2 Å². The minimum Gasteiger partial charge on any atom is -0.476 e. The lowest BCUT2D eigenvalue weighted by atomic mass is 10.1. The molecule has 0 saturated heterocycles. The van der Waals surface area contributed by atoms with Crippen LogP contribution in [0.25, 0.3) is 5.69 Å². The maximum Gasteiger partial charge on any atom is 0.356 e. The van der Waals surface area contributed by atoms with Gasteiger partial charge in [0, 0.05) is 24.4 Å². The molecule has 21 heavy (non-hydrogen) atoms. The first-order valence-corrected chi connectivity index (χ1v) is 6.81. The summed E-state index contributed by atoms with van der Waals surface area (Å²) in [6, 6.07) is 1.87. The summed E-state index contributed by atoms with van der Waals surface area (Å²) in [7, 11) is 0. The Balaban J connectivity index is 2.49. The third kappa shape index (κ3) is 3.27. The molecule has 2 aromatic rings. The Bertz CT molecular complexity index is 688. The molecule has 1 aromatic carbocycles. The highest BCUT2D eigenvalue weighted by Crippen LogP contribution is 2.23. The maximum absolute atomic E-state index is 13.9. The number of aryl methyl sites for hydroxylation is 1. The number of aromatic nitrogens is 2. The molecule has 0 amide bonds. The normalized spacial score (nSPS) is 10.9. The van der Waals surface area contributed by atoms with E-state index in [1.165, 1.54) is 6.20 Å². The average Bonchev–Trinajstić information content (AvgIpc) is 2.84. The van der Waals surface area contributed by atoms with E-state index in [1.54, 1.807) is 0 Å². The third-order valence-electron chi connectivity index (χ3n) is 2.83. The molecule has 0 saturated carbocycles. The topological polar surface area (TPSA) is 75.3 Å². The van der Waals surface area contributed by atoms with Crippen molar-refractivity contribution < 1.29 is 23.8 Å². The van der Waals surface area contributed by atoms with E-state index in [9.17, 15) is 13.6 Å². The highest BCUT2D eigenvalue weighted by Gasteiger charge is 2.18. The maximum atomic E-state index is 13.9. The van der Waals surface area contributed by atoms with Crippen molar-refractivity contribution >= 4 is 21.9 Å². The van der Waals surface area contributed by atoms with E-state index >= 15 is 0 Å². The van der Waals surface area contributed by atoms with E-state index in [-0.39, 0.29) is 28.9 Å². The van der Waals surface area contributed by atoms with Gasteiger partial charge in [0.1, 0.15) is 17.3 Å². The molecular formula is C13H11BrF2N2O3. The van der Waals surface area contributed by atoms with Crippen LogP contribution in [0.4, 0.5) is 8.78 Å². The number of benzene rings is 1. The van der Waals surface area contributed by atoms with Crippen molar-refractivity contribution in [3.63, 3.8) is 0 Å². The summed E-state index contributed by atoms with van der Waals surface area (Å²) in [5.74, 6) is -2.69. The van der Waals surface area contributed by atoms with Crippen molar-refractivity contribution in [3.8, 4) is 5.69 Å². The van der Waals surface area contributed by atoms with Gasteiger partial charge in [-0.1, -0.05) is 0 Å². The Morgan fingerprint density at radius 3 is 2.67 bits per heavy atom. The second-order valence-electron chi connectivity index (χ2n) is 4.30. The van der Waals surface area contributed by atoms with Gasteiger partial charge in [-0.05, 0) is 34.8 Å². The molecule has 0 aliphatic heterocycles. The summed E-state index contributed by atoms with van der Waals surface area (Å²) < 4.78 is 28.3. The predicted octanol–water partition coefficient (Wildman–Crippen LogP) is 2.54. The van der Waals surface area contributed by atoms with Crippen LogP contribution in [0.1, 0.15) is 22.5 Å². The number of hydrogen-bond acceptors (Lipinski definition) is 3. The van der Waals surface area contributed by atoms with E-state index in [4.69, 9.17) is 10.2 Å². The van der Waals surface area contributed by atoms with Crippen LogP contribution >= 0.6 is 15.9 Å². The minimum absolute atomic E-state index is 0.0325. The van der Waals surface area contributed by atoms with Crippen LogP contribution in [-0.2, 0) is 6.42 Å². The summed E-state index contributed by atoms with van der Waals surface area (Å²) in [5.41, 5.74) is -0.0843. The SMILES string of the molecule is O=C(O)c1nn(-c2cc(F)c(Br)cc2F)cc1CCCO. The van der Waals surface area contributed by atoms with Crippen LogP contribution < -0.4 is 0 Å². The molecule has 0 atom stereocenters. The second-order valence-corrected chi connectivity index (χ2v) is 5.15. The number of aliphatic hydroxyl groups excluding tert-OH is 1. The smallest absolute Gasteiger partial charge is 0.356 e. The zero-order valence-corrected chi connectivity index (χ0v) is 12.3. The molecule has 0 spiro atoms. The Labute approximate surface area is 127 Å². The number of rotatable bonds is 5. The van der Waals surface area contributed by atoms with Crippen molar-refractivity contribution in [2.24, 2.45) is 0 Å². The zero-order valence-electron chi connectivity index (χ0n) is 10.7. The largest absolute Gasteiger partial charge is 0.476 e. The first kappa shape index (κ1) is 15.6. The lowest BCUT2D eigenvalue weighted by molar-refractivity contribution is 0.0688. The fourth-order valence-corrected chi connectivity index (χ4v) is 2.17. The molecule has 2 N–H and O–H groups in total. The molecule has 5 nitrogen and oxygen atoms in total. The zero-order chi connectivity index (χ0) is 15.6. The highest BCUT2D eigenvalue weighted by atomic mass is 79.9. The van der Waals surface area contributed by atoms with Crippen molar-refractivity contribution in [1.82, 2.24) is 9.78 Å². The molecular weight excluding hydrogens is 350 g/mol. The van der Waals surface area contributed by atoms with Crippen LogP contribution in [0, 0.1) is 11.6 Å². The fourth-order valence-electron chi connectivity index (χ4n) is 1.85. The number of nitrogens with zero attached hydrogens (tertiary/aromatic N) is 2. The van der Waals surface area contributed by atoms with Crippen molar-refractivity contribution in [1.29, 1.82) is 0 Å². The molecule has 1 aromatic heterocycles. The average molecular weight is 361 g/mol. The van der Waals surface area contributed by atoms with Crippen LogP contribution in [0.5, 0.6) is 0 Å². The Hall–Kier alpha value is -1.80. The van der Waals surface area contributed by atoms with Gasteiger partial charge in [-0.3, -0.25) is 0 Å². The standard InChI is InChI=1S/C13H11BrF2N2O3/c14-8-4-10(16)11(5-9(8)15)18-6-7(2-1-3-19)12(17-18)13(20)21/h4-6,19H,1-3H2,(H,20,21). The van der Waals surface area contributed by atoms with Gasteiger partial charge in [-0.2, -0.15) is 5.10 Å². The molecule has 2 rings (SSSR count). The number of hydrogen-bond donors (Lipinski definition) is 2. The molecule has 0 aliphatic carbocycles. The number of aliphatic hydroxyl groups is 1. The summed E-state index contributed by atoms with van der Waals surface area (Å²) in [5, 5.41) is 21.7. The van der Waals surface area contributed by atoms with Gasteiger partial charge in [0.25, 0.3) is 0 Å². The number of carboxylic acid groups (broad SMARTS) is 1. The number of halogens is 3. The van der Waals surface area contributed by atoms with E-state index in [1.807, 2.05) is 0 Å². The van der Waals surface area contributed by atoms with Crippen molar-refractivity contribution in [2.45, 2.75) is 12.8 Å². The van der Waals surface area contributed by atoms with Crippen molar-refractivity contribution in [2.75, 3.05) is 6.61 Å². The van der Waals surface area contributed by atoms with Gasteiger partial charge in [0.15, 0.2) is 5.69 Å². The van der Waals surface area contributed by atoms with Crippen LogP contribution in [0.15, 0.2) is 22.8 Å². The summed E-state index contributed by atoms with van der Waals surface area (Å²) in [6.45, 7) is -0.106. The van der Waals surface area contributed by atoms with Gasteiger partial charge in [-0.15, -0.1) is 0 Å². The fraction of sp³-hybridized carbons (Fsp3) is 0.231. The highest BCUT2D eigenvalue weighted by molar-refractivity contribution is 9.10. The first-order valence-electron chi connectivity index (χ1n) is 6.01. The van der Waals surface area contributed by atoms with E-state index in [0.717, 1.165) is 16.8 Å². The Morgan fingerprint density at radius 1 is 1.33 bits per heavy atom. The van der Waals surface area contributed by atoms with Gasteiger partial charge >= 0.3 is 5.97 Å². The van der Waals surface area contributed by atoms with Crippen LogP contribution in [-0.4, -0.2) is 32.6 Å². The predicted molar refractivity (Wildman–Crippen MR) is 73.5 cm³/mol. The Morgan fingerprint density at radius 2 is 2.05 bits per heavy atom. The summed E-state index contributed by atoms with van der Waals surface area (Å²) in [6.07, 6.45) is 1.95. The van der Waals surface area contributed by atoms with Crippen molar-refractivity contribution in [3.05, 3.63) is 45.7 Å². The van der Waals surface area contributed by atoms with Crippen LogP contribution in [0.2, 0.25) is 0 Å². The molecule has 0 radical (unpaired) electrons. The minimum atomic E-state index is -1.26. The van der Waals surface area contributed by atoms with Gasteiger partial charge in [-0.25, -0.2) is 18.3 Å². The molecule has 0 bridgehead atoms. The molecule has 0 fully saturated rings. The van der Waals surface area contributed by atoms with E-state index in [2.05, 4.69) is 21.0 Å². The first-order chi connectivity index (χ1) is 9.93. The molecule has 112 valence electrons. The summed E-state index contributed by atoms with van der Waals surface area (Å²) in [4.78, 5) is 11.1. The van der Waals surface area contributed by atoms with E-state index in [0.29, 0.717) is 12.0 Å². The Kier molecular flexibility index (Phi) is 4.69. The van der Waals surface area contributed by atoms with Crippen LogP contribution in [0.3, 0.4) is 0 Å². The second kappa shape index (κ2) is 6.31. The molecule has 1 heterocycles. The number of carbonyl (C=O) groups is 1. The molecule has 0 aliphatic rings. The van der Waals surface area contributed by atoms with E-state index < -0.39 is 17.6 Å². The monoisotopic (exact) mass is 360 g/mol. The van der Waals surface area contributed by atoms with Gasteiger partial charge in [0.05, 0.1) is 4.47 Å². The number of carboxylic acids is 1. The summed E-state index contributed by atoms with van der Waals surface area (Å²) >= 11 is 2.86.